The van der Waals surface area contributed by atoms with Crippen LogP contribution < -0.4 is 0 Å². The lowest BCUT2D eigenvalue weighted by molar-refractivity contribution is 1.48. The molecule has 0 amide bonds. The number of nitriles is 1. The number of benzene rings is 2. The highest BCUT2D eigenvalue weighted by Gasteiger charge is 1.91. The number of hydrogen-bond donors (Lipinski definition) is 0. The van der Waals surface area contributed by atoms with Gasteiger partial charge < -0.3 is 0 Å². The van der Waals surface area contributed by atoms with E-state index in [2.05, 4.69) is 10.9 Å². The summed E-state index contributed by atoms with van der Waals surface area (Å²) in [4.78, 5) is 3.34. The molecule has 0 bridgehead atoms. The highest BCUT2D eigenvalue weighted by Crippen LogP contribution is 2.15. The average molecular weight is 230 g/mol. The third kappa shape index (κ3) is 2.84. The zero-order valence-electron chi connectivity index (χ0n) is 9.67. The van der Waals surface area contributed by atoms with Crippen LogP contribution in [0.25, 0.3) is 17.0 Å². The van der Waals surface area contributed by atoms with Crippen LogP contribution in [0.2, 0.25) is 0 Å². The second-order valence-electron chi connectivity index (χ2n) is 3.77. The van der Waals surface area contributed by atoms with Crippen molar-refractivity contribution in [2.24, 2.45) is 0 Å². The van der Waals surface area contributed by atoms with Gasteiger partial charge in [0.15, 0.2) is 5.69 Å². The highest BCUT2D eigenvalue weighted by atomic mass is 14.6. The first kappa shape index (κ1) is 11.6. The summed E-state index contributed by atoms with van der Waals surface area (Å²) < 4.78 is 0. The Bertz CT molecular complexity index is 576. The van der Waals surface area contributed by atoms with Gasteiger partial charge in [-0.05, 0) is 23.3 Å². The number of rotatable bonds is 2. The second kappa shape index (κ2) is 5.48. The normalized spacial score (nSPS) is 9.89. The van der Waals surface area contributed by atoms with Gasteiger partial charge in [-0.25, -0.2) is 4.85 Å². The van der Waals surface area contributed by atoms with Gasteiger partial charge in [0.05, 0.1) is 18.2 Å². The van der Waals surface area contributed by atoms with Gasteiger partial charge in [-0.1, -0.05) is 48.6 Å². The topological polar surface area (TPSA) is 28.1 Å². The van der Waals surface area contributed by atoms with Crippen LogP contribution in [0.4, 0.5) is 5.69 Å². The predicted molar refractivity (Wildman–Crippen MR) is 72.8 cm³/mol. The molecule has 2 nitrogen and oxygen atoms in total. The smallest absolute Gasteiger partial charge is 0.187 e. The Morgan fingerprint density at radius 2 is 1.39 bits per heavy atom. The van der Waals surface area contributed by atoms with Crippen molar-refractivity contribution in [2.45, 2.75) is 0 Å². The Morgan fingerprint density at radius 3 is 1.83 bits per heavy atom. The minimum absolute atomic E-state index is 0.644. The van der Waals surface area contributed by atoms with E-state index in [0.29, 0.717) is 11.3 Å². The van der Waals surface area contributed by atoms with Crippen molar-refractivity contribution in [2.75, 3.05) is 0 Å². The molecule has 84 valence electrons. The maximum absolute atomic E-state index is 8.69. The molecule has 2 aromatic rings. The van der Waals surface area contributed by atoms with Crippen molar-refractivity contribution >= 4 is 17.8 Å². The van der Waals surface area contributed by atoms with Gasteiger partial charge in [-0.2, -0.15) is 5.26 Å². The van der Waals surface area contributed by atoms with Crippen LogP contribution in [0.3, 0.4) is 0 Å². The lowest BCUT2D eigenvalue weighted by Gasteiger charge is -1.95. The first-order valence-electron chi connectivity index (χ1n) is 5.47. The summed E-state index contributed by atoms with van der Waals surface area (Å²) in [5.41, 5.74) is 3.40. The van der Waals surface area contributed by atoms with Crippen molar-refractivity contribution in [3.8, 4) is 6.07 Å². The van der Waals surface area contributed by atoms with E-state index in [1.165, 1.54) is 0 Å². The summed E-state index contributed by atoms with van der Waals surface area (Å²) in [5.74, 6) is 0. The van der Waals surface area contributed by atoms with Crippen LogP contribution in [0.15, 0.2) is 48.5 Å². The first-order chi connectivity index (χ1) is 8.81. The van der Waals surface area contributed by atoms with E-state index < -0.39 is 0 Å². The fourth-order valence-corrected chi connectivity index (χ4v) is 1.52. The number of nitrogens with zero attached hydrogens (tertiary/aromatic N) is 2. The molecule has 0 unspecified atom stereocenters. The van der Waals surface area contributed by atoms with Crippen LogP contribution in [0, 0.1) is 17.9 Å². The standard InChI is InChI=1S/C16H10N2/c1-18-16-10-8-14(9-11-16)3-2-13-4-6-15(12-17)7-5-13/h2-11H/b3-2+. The van der Waals surface area contributed by atoms with Crippen LogP contribution in [-0.4, -0.2) is 0 Å². The Kier molecular flexibility index (Phi) is 3.54. The summed E-state index contributed by atoms with van der Waals surface area (Å²) in [6, 6.07) is 16.9. The van der Waals surface area contributed by atoms with Gasteiger partial charge >= 0.3 is 0 Å². The Morgan fingerprint density at radius 1 is 0.889 bits per heavy atom. The summed E-state index contributed by atoms with van der Waals surface area (Å²) in [7, 11) is 0. The van der Waals surface area contributed by atoms with E-state index in [0.717, 1.165) is 11.1 Å². The Hall–Kier alpha value is -2.84. The minimum Gasteiger partial charge on any atom is -0.238 e. The van der Waals surface area contributed by atoms with Gasteiger partial charge in [-0.15, -0.1) is 0 Å². The van der Waals surface area contributed by atoms with Crippen molar-refractivity contribution < 1.29 is 0 Å². The summed E-state index contributed by atoms with van der Waals surface area (Å²) >= 11 is 0. The fraction of sp³-hybridized carbons (Fsp3) is 0. The molecule has 0 aliphatic heterocycles. The van der Waals surface area contributed by atoms with E-state index in [4.69, 9.17) is 11.8 Å². The fourth-order valence-electron chi connectivity index (χ4n) is 1.52. The van der Waals surface area contributed by atoms with E-state index in [-0.39, 0.29) is 0 Å². The molecule has 0 N–H and O–H groups in total. The van der Waals surface area contributed by atoms with Crippen LogP contribution in [-0.2, 0) is 0 Å². The highest BCUT2D eigenvalue weighted by molar-refractivity contribution is 5.70. The molecule has 0 aliphatic carbocycles. The molecule has 18 heavy (non-hydrogen) atoms. The molecule has 0 saturated carbocycles. The van der Waals surface area contributed by atoms with E-state index in [1.54, 1.807) is 24.3 Å². The molecule has 2 rings (SSSR count). The maximum Gasteiger partial charge on any atom is 0.187 e. The zero-order valence-corrected chi connectivity index (χ0v) is 9.67. The van der Waals surface area contributed by atoms with Gasteiger partial charge in [-0.3, -0.25) is 0 Å². The first-order valence-corrected chi connectivity index (χ1v) is 5.47. The van der Waals surface area contributed by atoms with Crippen LogP contribution in [0.1, 0.15) is 16.7 Å². The van der Waals surface area contributed by atoms with Gasteiger partial charge in [0.1, 0.15) is 0 Å². The molecule has 0 radical (unpaired) electrons. The molecule has 2 aromatic carbocycles. The van der Waals surface area contributed by atoms with E-state index >= 15 is 0 Å². The molecule has 0 saturated heterocycles. The van der Waals surface area contributed by atoms with Gasteiger partial charge in [0.2, 0.25) is 0 Å². The third-order valence-electron chi connectivity index (χ3n) is 2.53. The van der Waals surface area contributed by atoms with Crippen molar-refractivity contribution in [1.29, 1.82) is 5.26 Å². The summed E-state index contributed by atoms with van der Waals surface area (Å²) in [5, 5.41) is 8.69. The van der Waals surface area contributed by atoms with Gasteiger partial charge in [0.25, 0.3) is 0 Å². The Balaban J connectivity index is 2.14. The molecule has 0 aromatic heterocycles. The van der Waals surface area contributed by atoms with E-state index in [1.807, 2.05) is 36.4 Å². The predicted octanol–water partition coefficient (Wildman–Crippen LogP) is 4.28. The molecule has 0 fully saturated rings. The van der Waals surface area contributed by atoms with Crippen molar-refractivity contribution in [1.82, 2.24) is 0 Å². The molecule has 0 spiro atoms. The SMILES string of the molecule is [C-]#[N+]c1ccc(/C=C/c2ccc(C#N)cc2)cc1. The average Bonchev–Trinajstić information content (AvgIpc) is 2.46. The van der Waals surface area contributed by atoms with E-state index in [9.17, 15) is 0 Å². The van der Waals surface area contributed by atoms with Crippen LogP contribution in [0.5, 0.6) is 0 Å². The lowest BCUT2D eigenvalue weighted by Crippen LogP contribution is -1.75. The quantitative estimate of drug-likeness (QED) is 0.559. The summed E-state index contributed by atoms with van der Waals surface area (Å²) in [6.07, 6.45) is 3.96. The second-order valence-corrected chi connectivity index (χ2v) is 3.77. The zero-order chi connectivity index (χ0) is 12.8. The molecule has 2 heteroatoms. The summed E-state index contributed by atoms with van der Waals surface area (Å²) in [6.45, 7) is 6.87. The van der Waals surface area contributed by atoms with Crippen molar-refractivity contribution in [3.63, 3.8) is 0 Å². The Labute approximate surface area is 106 Å². The molecular weight excluding hydrogens is 220 g/mol. The lowest BCUT2D eigenvalue weighted by atomic mass is 10.1. The van der Waals surface area contributed by atoms with Crippen LogP contribution >= 0.6 is 0 Å². The molecule has 0 aliphatic rings. The van der Waals surface area contributed by atoms with Crippen molar-refractivity contribution in [3.05, 3.63) is 76.6 Å². The molecule has 0 atom stereocenters. The minimum atomic E-state index is 0.644. The largest absolute Gasteiger partial charge is 0.238 e. The molecular formula is C16H10N2. The monoisotopic (exact) mass is 230 g/mol. The number of hydrogen-bond acceptors (Lipinski definition) is 1. The maximum atomic E-state index is 8.69. The van der Waals surface area contributed by atoms with Gasteiger partial charge in [0, 0.05) is 0 Å². The molecule has 0 heterocycles. The third-order valence-corrected chi connectivity index (χ3v) is 2.53.